The largest absolute Gasteiger partial charge is 0.355 e. The maximum Gasteiger partial charge on any atom is 0.0479 e. The zero-order valence-electron chi connectivity index (χ0n) is 14.7. The van der Waals surface area contributed by atoms with Gasteiger partial charge < -0.3 is 10.2 Å². The van der Waals surface area contributed by atoms with Gasteiger partial charge in [0, 0.05) is 28.4 Å². The molecule has 0 aliphatic heterocycles. The lowest BCUT2D eigenvalue weighted by Gasteiger charge is -2.29. The minimum absolute atomic E-state index is 1.04. The third kappa shape index (κ3) is 3.70. The summed E-state index contributed by atoms with van der Waals surface area (Å²) in [6.45, 7) is 0. The molecule has 128 valence electrons. The highest BCUT2D eigenvalue weighted by atomic mass is 15.1. The molecule has 2 nitrogen and oxygen atoms in total. The van der Waals surface area contributed by atoms with Crippen LogP contribution in [0.15, 0.2) is 109 Å². The van der Waals surface area contributed by atoms with Crippen LogP contribution in [-0.2, 0) is 0 Å². The summed E-state index contributed by atoms with van der Waals surface area (Å²) in [6, 6.07) is 29.4. The molecule has 0 bridgehead atoms. The van der Waals surface area contributed by atoms with Crippen molar-refractivity contribution in [3.05, 3.63) is 109 Å². The number of benzene rings is 3. The molecule has 0 amide bonds. The third-order valence-electron chi connectivity index (χ3n) is 4.46. The fraction of sp³-hybridized carbons (Fsp3) is 0.0833. The van der Waals surface area contributed by atoms with Gasteiger partial charge in [-0.25, -0.2) is 0 Å². The van der Waals surface area contributed by atoms with E-state index in [2.05, 4.69) is 95.2 Å². The van der Waals surface area contributed by atoms with E-state index in [-0.39, 0.29) is 0 Å². The number of rotatable bonds is 5. The molecule has 3 aromatic carbocycles. The van der Waals surface area contributed by atoms with Crippen LogP contribution in [0.5, 0.6) is 0 Å². The number of anilines is 4. The molecule has 0 aromatic heterocycles. The lowest BCUT2D eigenvalue weighted by molar-refractivity contribution is 0.918. The van der Waals surface area contributed by atoms with Crippen LogP contribution >= 0.6 is 0 Å². The van der Waals surface area contributed by atoms with Gasteiger partial charge in [-0.3, -0.25) is 0 Å². The molecule has 0 atom stereocenters. The van der Waals surface area contributed by atoms with Gasteiger partial charge in [-0.05, 0) is 61.4 Å². The van der Waals surface area contributed by atoms with Crippen molar-refractivity contribution < 1.29 is 0 Å². The summed E-state index contributed by atoms with van der Waals surface area (Å²) in [5.74, 6) is 0. The lowest BCUT2D eigenvalue weighted by atomic mass is 10.1. The molecule has 2 heteroatoms. The SMILES string of the molecule is C1=CCCC(N(c2ccccc2)c2cccc(Nc3ccccc3)c2)=C1. The fourth-order valence-corrected chi connectivity index (χ4v) is 3.24. The molecule has 0 spiro atoms. The number of nitrogens with one attached hydrogen (secondary N) is 1. The van der Waals surface area contributed by atoms with Gasteiger partial charge in [0.25, 0.3) is 0 Å². The maximum absolute atomic E-state index is 3.49. The zero-order valence-corrected chi connectivity index (χ0v) is 14.7. The number of nitrogens with zero attached hydrogens (tertiary/aromatic N) is 1. The Morgan fingerprint density at radius 3 is 2.12 bits per heavy atom. The monoisotopic (exact) mass is 338 g/mol. The van der Waals surface area contributed by atoms with E-state index in [1.54, 1.807) is 0 Å². The van der Waals surface area contributed by atoms with E-state index in [1.807, 2.05) is 18.2 Å². The van der Waals surface area contributed by atoms with Crippen molar-refractivity contribution in [3.63, 3.8) is 0 Å². The highest BCUT2D eigenvalue weighted by Crippen LogP contribution is 2.34. The summed E-state index contributed by atoms with van der Waals surface area (Å²) in [4.78, 5) is 2.35. The summed E-state index contributed by atoms with van der Waals surface area (Å²) >= 11 is 0. The highest BCUT2D eigenvalue weighted by Gasteiger charge is 2.15. The Bertz CT molecular complexity index is 911. The van der Waals surface area contributed by atoms with Gasteiger partial charge in [0.15, 0.2) is 0 Å². The van der Waals surface area contributed by atoms with Crippen LogP contribution in [-0.4, -0.2) is 0 Å². The van der Waals surface area contributed by atoms with Crippen LogP contribution in [0.25, 0.3) is 0 Å². The van der Waals surface area contributed by atoms with E-state index in [1.165, 1.54) is 17.1 Å². The Labute approximate surface area is 155 Å². The van der Waals surface area contributed by atoms with Gasteiger partial charge in [0.05, 0.1) is 0 Å². The molecule has 0 radical (unpaired) electrons. The normalized spacial score (nSPS) is 13.2. The molecule has 1 N–H and O–H groups in total. The summed E-state index contributed by atoms with van der Waals surface area (Å²) < 4.78 is 0. The van der Waals surface area contributed by atoms with Crippen LogP contribution in [0.1, 0.15) is 12.8 Å². The molecule has 1 aliphatic carbocycles. The second-order valence-electron chi connectivity index (χ2n) is 6.34. The lowest BCUT2D eigenvalue weighted by Crippen LogP contribution is -2.17. The third-order valence-corrected chi connectivity index (χ3v) is 4.46. The van der Waals surface area contributed by atoms with E-state index >= 15 is 0 Å². The van der Waals surface area contributed by atoms with Crippen molar-refractivity contribution in [1.82, 2.24) is 0 Å². The zero-order chi connectivity index (χ0) is 17.6. The average molecular weight is 338 g/mol. The predicted octanol–water partition coefficient (Wildman–Crippen LogP) is 6.80. The van der Waals surface area contributed by atoms with Gasteiger partial charge in [0.2, 0.25) is 0 Å². The van der Waals surface area contributed by atoms with E-state index in [0.29, 0.717) is 0 Å². The van der Waals surface area contributed by atoms with Crippen molar-refractivity contribution in [2.75, 3.05) is 10.2 Å². The van der Waals surface area contributed by atoms with Crippen LogP contribution < -0.4 is 10.2 Å². The van der Waals surface area contributed by atoms with Gasteiger partial charge >= 0.3 is 0 Å². The van der Waals surface area contributed by atoms with Crippen molar-refractivity contribution in [3.8, 4) is 0 Å². The first-order valence-corrected chi connectivity index (χ1v) is 9.03. The van der Waals surface area contributed by atoms with E-state index in [4.69, 9.17) is 0 Å². The minimum Gasteiger partial charge on any atom is -0.355 e. The topological polar surface area (TPSA) is 15.3 Å². The Kier molecular flexibility index (Phi) is 4.83. The molecular weight excluding hydrogens is 316 g/mol. The van der Waals surface area contributed by atoms with Gasteiger partial charge in [0.1, 0.15) is 0 Å². The van der Waals surface area contributed by atoms with E-state index < -0.39 is 0 Å². The molecule has 0 saturated carbocycles. The maximum atomic E-state index is 3.49. The number of para-hydroxylation sites is 2. The van der Waals surface area contributed by atoms with Crippen LogP contribution in [0.4, 0.5) is 22.7 Å². The standard InChI is InChI=1S/C24H22N2/c1-4-11-20(12-5-1)25-21-13-10-18-24(19-21)26(22-14-6-2-7-15-22)23-16-8-3-9-17-23/h1-8,10-16,18-19,25H,9,17H2. The van der Waals surface area contributed by atoms with Crippen molar-refractivity contribution in [2.24, 2.45) is 0 Å². The summed E-state index contributed by atoms with van der Waals surface area (Å²) in [7, 11) is 0. The van der Waals surface area contributed by atoms with Crippen LogP contribution in [0, 0.1) is 0 Å². The van der Waals surface area contributed by atoms with Crippen molar-refractivity contribution in [1.29, 1.82) is 0 Å². The molecule has 0 saturated heterocycles. The van der Waals surface area contributed by atoms with Gasteiger partial charge in [-0.15, -0.1) is 0 Å². The molecule has 0 heterocycles. The molecular formula is C24H22N2. The smallest absolute Gasteiger partial charge is 0.0479 e. The van der Waals surface area contributed by atoms with Crippen LogP contribution in [0.3, 0.4) is 0 Å². The molecule has 1 aliphatic rings. The molecule has 0 unspecified atom stereocenters. The second-order valence-corrected chi connectivity index (χ2v) is 6.34. The summed E-state index contributed by atoms with van der Waals surface area (Å²) in [6.07, 6.45) is 8.72. The quantitative estimate of drug-likeness (QED) is 0.550. The van der Waals surface area contributed by atoms with Gasteiger partial charge in [-0.2, -0.15) is 0 Å². The number of allylic oxidation sites excluding steroid dienone is 4. The average Bonchev–Trinajstić information content (AvgIpc) is 2.71. The first-order chi connectivity index (χ1) is 12.9. The number of hydrogen-bond donors (Lipinski definition) is 1. The Balaban J connectivity index is 1.71. The Hall–Kier alpha value is -3.26. The molecule has 0 fully saturated rings. The summed E-state index contributed by atoms with van der Waals surface area (Å²) in [5, 5.41) is 3.49. The fourth-order valence-electron chi connectivity index (χ4n) is 3.24. The second kappa shape index (κ2) is 7.75. The first kappa shape index (κ1) is 16.2. The van der Waals surface area contributed by atoms with Gasteiger partial charge in [-0.1, -0.05) is 54.6 Å². The molecule has 26 heavy (non-hydrogen) atoms. The van der Waals surface area contributed by atoms with E-state index in [0.717, 1.165) is 24.2 Å². The number of hydrogen-bond acceptors (Lipinski definition) is 2. The minimum atomic E-state index is 1.04. The summed E-state index contributed by atoms with van der Waals surface area (Å²) in [5.41, 5.74) is 5.84. The molecule has 3 aromatic rings. The van der Waals surface area contributed by atoms with E-state index in [9.17, 15) is 0 Å². The molecule has 4 rings (SSSR count). The van der Waals surface area contributed by atoms with Crippen molar-refractivity contribution >= 4 is 22.7 Å². The van der Waals surface area contributed by atoms with Crippen molar-refractivity contribution in [2.45, 2.75) is 12.8 Å². The first-order valence-electron chi connectivity index (χ1n) is 9.03. The predicted molar refractivity (Wildman–Crippen MR) is 111 cm³/mol. The Morgan fingerprint density at radius 2 is 1.38 bits per heavy atom. The highest BCUT2D eigenvalue weighted by molar-refractivity contribution is 5.73. The Morgan fingerprint density at radius 1 is 0.692 bits per heavy atom. The van der Waals surface area contributed by atoms with Crippen LogP contribution in [0.2, 0.25) is 0 Å².